The smallest absolute Gasteiger partial charge is 0.228 e. The highest BCUT2D eigenvalue weighted by molar-refractivity contribution is 6.01. The van der Waals surface area contributed by atoms with Crippen LogP contribution in [0.1, 0.15) is 60.8 Å². The van der Waals surface area contributed by atoms with E-state index in [0.29, 0.717) is 6.04 Å². The summed E-state index contributed by atoms with van der Waals surface area (Å²) in [5.74, 6) is -0.549. The van der Waals surface area contributed by atoms with Crippen molar-refractivity contribution in [2.75, 3.05) is 5.32 Å². The summed E-state index contributed by atoms with van der Waals surface area (Å²) in [6, 6.07) is 4.52. The number of nitrogens with zero attached hydrogens (tertiary/aromatic N) is 3. The molecule has 1 unspecified atom stereocenters. The lowest BCUT2D eigenvalue weighted by atomic mass is 9.84. The van der Waals surface area contributed by atoms with Crippen LogP contribution in [0.25, 0.3) is 0 Å². The van der Waals surface area contributed by atoms with Gasteiger partial charge in [-0.05, 0) is 62.3 Å². The zero-order valence-corrected chi connectivity index (χ0v) is 15.7. The minimum atomic E-state index is -0.414. The molecular formula is C20H25N5O2. The number of aromatic nitrogens is 3. The van der Waals surface area contributed by atoms with Gasteiger partial charge in [0.2, 0.25) is 11.8 Å². The molecule has 1 aliphatic heterocycles. The van der Waals surface area contributed by atoms with Crippen molar-refractivity contribution >= 4 is 17.5 Å². The fourth-order valence-electron chi connectivity index (χ4n) is 4.45. The number of benzene rings is 1. The summed E-state index contributed by atoms with van der Waals surface area (Å²) in [5.41, 5.74) is 3.87. The SMILES string of the molecule is Cc1cc(C)c2c(c1)NC(=O)CC2C(=O)NC1CCC(n2cncn2)CC1. The molecule has 2 amide bonds. The molecule has 1 aromatic carbocycles. The molecule has 7 nitrogen and oxygen atoms in total. The Bertz CT molecular complexity index is 854. The molecule has 1 aliphatic carbocycles. The Hall–Kier alpha value is -2.70. The third-order valence-electron chi connectivity index (χ3n) is 5.71. The van der Waals surface area contributed by atoms with Crippen LogP contribution in [0.2, 0.25) is 0 Å². The second kappa shape index (κ2) is 7.13. The fraction of sp³-hybridized carbons (Fsp3) is 0.500. The first kappa shape index (κ1) is 17.7. The lowest BCUT2D eigenvalue weighted by molar-refractivity contribution is -0.127. The molecule has 1 saturated carbocycles. The highest BCUT2D eigenvalue weighted by atomic mass is 16.2. The molecular weight excluding hydrogens is 342 g/mol. The van der Waals surface area contributed by atoms with Crippen LogP contribution in [-0.2, 0) is 9.59 Å². The predicted octanol–water partition coefficient (Wildman–Crippen LogP) is 2.62. The number of fused-ring (bicyclic) bond motifs is 1. The van der Waals surface area contributed by atoms with Gasteiger partial charge in [0.1, 0.15) is 12.7 Å². The molecule has 2 N–H and O–H groups in total. The summed E-state index contributed by atoms with van der Waals surface area (Å²) in [6.45, 7) is 4.00. The Morgan fingerprint density at radius 1 is 1.22 bits per heavy atom. The van der Waals surface area contributed by atoms with E-state index >= 15 is 0 Å². The highest BCUT2D eigenvalue weighted by Crippen LogP contribution is 2.36. The van der Waals surface area contributed by atoms with Crippen LogP contribution in [0.3, 0.4) is 0 Å². The molecule has 2 heterocycles. The number of carbonyl (C=O) groups excluding carboxylic acids is 2. The van der Waals surface area contributed by atoms with E-state index in [9.17, 15) is 9.59 Å². The molecule has 0 bridgehead atoms. The van der Waals surface area contributed by atoms with Crippen molar-refractivity contribution in [3.63, 3.8) is 0 Å². The van der Waals surface area contributed by atoms with E-state index in [1.165, 1.54) is 0 Å². The number of nitrogens with one attached hydrogen (secondary N) is 2. The molecule has 1 fully saturated rings. The summed E-state index contributed by atoms with van der Waals surface area (Å²) < 4.78 is 1.91. The highest BCUT2D eigenvalue weighted by Gasteiger charge is 2.34. The molecule has 1 atom stereocenters. The summed E-state index contributed by atoms with van der Waals surface area (Å²) in [6.07, 6.45) is 7.28. The summed E-state index contributed by atoms with van der Waals surface area (Å²) >= 11 is 0. The second-order valence-electron chi connectivity index (χ2n) is 7.74. The van der Waals surface area contributed by atoms with Gasteiger partial charge < -0.3 is 10.6 Å². The maximum absolute atomic E-state index is 13.0. The van der Waals surface area contributed by atoms with Crippen LogP contribution in [0.4, 0.5) is 5.69 Å². The van der Waals surface area contributed by atoms with Crippen LogP contribution in [0, 0.1) is 13.8 Å². The quantitative estimate of drug-likeness (QED) is 0.873. The van der Waals surface area contributed by atoms with Crippen molar-refractivity contribution in [3.05, 3.63) is 41.5 Å². The van der Waals surface area contributed by atoms with Crippen molar-refractivity contribution in [2.24, 2.45) is 0 Å². The Labute approximate surface area is 158 Å². The normalized spacial score (nSPS) is 24.8. The van der Waals surface area contributed by atoms with Crippen molar-refractivity contribution in [3.8, 4) is 0 Å². The molecule has 7 heteroatoms. The summed E-state index contributed by atoms with van der Waals surface area (Å²) in [5, 5.41) is 10.3. The standard InChI is InChI=1S/C20H25N5O2/c1-12-7-13(2)19-16(9-18(26)24-17(19)8-12)20(27)23-14-3-5-15(6-4-14)25-11-21-10-22-25/h7-8,10-11,14-16H,3-6,9H2,1-2H3,(H,23,27)(H,24,26). The number of amides is 2. The molecule has 0 saturated heterocycles. The van der Waals surface area contributed by atoms with Gasteiger partial charge in [0.05, 0.1) is 12.0 Å². The molecule has 0 spiro atoms. The molecule has 2 aromatic rings. The van der Waals surface area contributed by atoms with Gasteiger partial charge in [0, 0.05) is 18.2 Å². The number of anilines is 1. The predicted molar refractivity (Wildman–Crippen MR) is 101 cm³/mol. The van der Waals surface area contributed by atoms with E-state index in [0.717, 1.165) is 48.1 Å². The van der Waals surface area contributed by atoms with E-state index in [2.05, 4.69) is 26.8 Å². The fourth-order valence-corrected chi connectivity index (χ4v) is 4.45. The van der Waals surface area contributed by atoms with Crippen LogP contribution < -0.4 is 10.6 Å². The number of carbonyl (C=O) groups is 2. The molecule has 1 aromatic heterocycles. The van der Waals surface area contributed by atoms with E-state index in [-0.39, 0.29) is 24.3 Å². The molecule has 4 rings (SSSR count). The van der Waals surface area contributed by atoms with E-state index in [1.54, 1.807) is 12.7 Å². The van der Waals surface area contributed by atoms with Crippen LogP contribution in [0.15, 0.2) is 24.8 Å². The Morgan fingerprint density at radius 2 is 2.00 bits per heavy atom. The van der Waals surface area contributed by atoms with Crippen LogP contribution in [0.5, 0.6) is 0 Å². The maximum atomic E-state index is 13.0. The van der Waals surface area contributed by atoms with Crippen molar-refractivity contribution in [1.82, 2.24) is 20.1 Å². The number of rotatable bonds is 3. The number of aryl methyl sites for hydroxylation is 2. The lowest BCUT2D eigenvalue weighted by Gasteiger charge is -2.32. The first-order valence-corrected chi connectivity index (χ1v) is 9.56. The van der Waals surface area contributed by atoms with E-state index in [4.69, 9.17) is 0 Å². The lowest BCUT2D eigenvalue weighted by Crippen LogP contribution is -2.42. The summed E-state index contributed by atoms with van der Waals surface area (Å²) in [7, 11) is 0. The van der Waals surface area contributed by atoms with Crippen molar-refractivity contribution in [1.29, 1.82) is 0 Å². The molecule has 142 valence electrons. The van der Waals surface area contributed by atoms with Gasteiger partial charge in [-0.2, -0.15) is 5.10 Å². The minimum absolute atomic E-state index is 0.0396. The average Bonchev–Trinajstić information content (AvgIpc) is 3.15. The van der Waals surface area contributed by atoms with Gasteiger partial charge in [0.25, 0.3) is 0 Å². The zero-order chi connectivity index (χ0) is 19.0. The van der Waals surface area contributed by atoms with Gasteiger partial charge in [-0.15, -0.1) is 0 Å². The molecule has 27 heavy (non-hydrogen) atoms. The first-order valence-electron chi connectivity index (χ1n) is 9.56. The third-order valence-corrected chi connectivity index (χ3v) is 5.71. The van der Waals surface area contributed by atoms with Gasteiger partial charge in [0.15, 0.2) is 0 Å². The number of hydrogen-bond acceptors (Lipinski definition) is 4. The Balaban J connectivity index is 1.44. The van der Waals surface area contributed by atoms with Gasteiger partial charge in [-0.3, -0.25) is 9.59 Å². The molecule has 2 aliphatic rings. The second-order valence-corrected chi connectivity index (χ2v) is 7.74. The summed E-state index contributed by atoms with van der Waals surface area (Å²) in [4.78, 5) is 29.1. The van der Waals surface area contributed by atoms with Crippen LogP contribution in [-0.4, -0.2) is 32.6 Å². The van der Waals surface area contributed by atoms with Crippen LogP contribution >= 0.6 is 0 Å². The van der Waals surface area contributed by atoms with E-state index in [1.807, 2.05) is 24.6 Å². The van der Waals surface area contributed by atoms with Gasteiger partial charge in [-0.25, -0.2) is 9.67 Å². The van der Waals surface area contributed by atoms with Gasteiger partial charge >= 0.3 is 0 Å². The average molecular weight is 367 g/mol. The minimum Gasteiger partial charge on any atom is -0.353 e. The van der Waals surface area contributed by atoms with Gasteiger partial charge in [-0.1, -0.05) is 6.07 Å². The van der Waals surface area contributed by atoms with E-state index < -0.39 is 5.92 Å². The Morgan fingerprint density at radius 3 is 2.70 bits per heavy atom. The van der Waals surface area contributed by atoms with Crippen molar-refractivity contribution in [2.45, 2.75) is 64.0 Å². The van der Waals surface area contributed by atoms with Crippen molar-refractivity contribution < 1.29 is 9.59 Å². The topological polar surface area (TPSA) is 88.9 Å². The first-order chi connectivity index (χ1) is 13.0. The Kier molecular flexibility index (Phi) is 4.68. The number of hydrogen-bond donors (Lipinski definition) is 2. The zero-order valence-electron chi connectivity index (χ0n) is 15.7. The maximum Gasteiger partial charge on any atom is 0.228 e. The molecule has 0 radical (unpaired) electrons. The third kappa shape index (κ3) is 3.59. The largest absolute Gasteiger partial charge is 0.353 e. The monoisotopic (exact) mass is 367 g/mol.